The van der Waals surface area contributed by atoms with E-state index >= 15 is 0 Å². The van der Waals surface area contributed by atoms with Crippen molar-refractivity contribution < 1.29 is 13.9 Å². The fourth-order valence-electron chi connectivity index (χ4n) is 3.27. The Bertz CT molecular complexity index is 1130. The topological polar surface area (TPSA) is 108 Å². The quantitative estimate of drug-likeness (QED) is 0.446. The molecule has 0 aliphatic rings. The van der Waals surface area contributed by atoms with Gasteiger partial charge < -0.3 is 24.8 Å². The van der Waals surface area contributed by atoms with E-state index in [0.29, 0.717) is 60.1 Å². The molecule has 8 nitrogen and oxygen atoms in total. The molecule has 0 radical (unpaired) electrons. The molecule has 0 aliphatic heterocycles. The van der Waals surface area contributed by atoms with Crippen LogP contribution in [-0.2, 0) is 11.3 Å². The molecular weight excluding hydrogens is 370 g/mol. The van der Waals surface area contributed by atoms with Gasteiger partial charge in [-0.05, 0) is 37.6 Å². The van der Waals surface area contributed by atoms with Gasteiger partial charge in [0.25, 0.3) is 5.91 Å². The Balaban J connectivity index is 1.74. The van der Waals surface area contributed by atoms with Gasteiger partial charge in [0.1, 0.15) is 22.7 Å². The van der Waals surface area contributed by atoms with Crippen LogP contribution >= 0.6 is 0 Å². The summed E-state index contributed by atoms with van der Waals surface area (Å²) in [5.74, 6) is 0.757. The number of para-hydroxylation sites is 2. The molecule has 3 aromatic heterocycles. The summed E-state index contributed by atoms with van der Waals surface area (Å²) in [6, 6.07) is 11.2. The van der Waals surface area contributed by atoms with E-state index in [-0.39, 0.29) is 5.91 Å². The number of hydrogen-bond donors (Lipinski definition) is 2. The first-order valence-electron chi connectivity index (χ1n) is 9.61. The lowest BCUT2D eigenvalue weighted by Gasteiger charge is -2.07. The molecule has 0 spiro atoms. The summed E-state index contributed by atoms with van der Waals surface area (Å²) in [5.41, 5.74) is 9.22. The summed E-state index contributed by atoms with van der Waals surface area (Å²) < 4.78 is 12.5. The van der Waals surface area contributed by atoms with Crippen LogP contribution in [0.3, 0.4) is 0 Å². The highest BCUT2D eigenvalue weighted by Crippen LogP contribution is 2.28. The summed E-state index contributed by atoms with van der Waals surface area (Å²) in [6.07, 6.45) is 2.32. The van der Waals surface area contributed by atoms with E-state index in [1.807, 2.05) is 43.3 Å². The summed E-state index contributed by atoms with van der Waals surface area (Å²) in [7, 11) is 0. The fraction of sp³-hybridized carbons (Fsp3) is 0.286. The maximum atomic E-state index is 12.9. The number of nitrogen functional groups attached to an aromatic ring is 1. The van der Waals surface area contributed by atoms with Crippen molar-refractivity contribution in [3.63, 3.8) is 0 Å². The third kappa shape index (κ3) is 3.79. The van der Waals surface area contributed by atoms with Gasteiger partial charge in [0.2, 0.25) is 0 Å². The zero-order valence-corrected chi connectivity index (χ0v) is 16.2. The number of benzene rings is 1. The highest BCUT2D eigenvalue weighted by Gasteiger charge is 2.24. The minimum absolute atomic E-state index is 0.272. The van der Waals surface area contributed by atoms with E-state index in [1.54, 1.807) is 10.8 Å². The van der Waals surface area contributed by atoms with E-state index in [4.69, 9.17) is 19.9 Å². The van der Waals surface area contributed by atoms with Crippen molar-refractivity contribution in [3.05, 3.63) is 54.0 Å². The first-order chi connectivity index (χ1) is 14.2. The molecule has 0 fully saturated rings. The second-order valence-corrected chi connectivity index (χ2v) is 6.62. The number of amides is 1. The number of anilines is 1. The van der Waals surface area contributed by atoms with Crippen molar-refractivity contribution in [3.8, 4) is 0 Å². The van der Waals surface area contributed by atoms with Crippen LogP contribution in [-0.4, -0.2) is 40.2 Å². The predicted molar refractivity (Wildman–Crippen MR) is 111 cm³/mol. The van der Waals surface area contributed by atoms with E-state index in [0.717, 1.165) is 11.9 Å². The number of nitrogens with one attached hydrogen (secondary N) is 1. The molecule has 0 atom stereocenters. The van der Waals surface area contributed by atoms with E-state index in [1.165, 1.54) is 0 Å². The lowest BCUT2D eigenvalue weighted by molar-refractivity contribution is 0.0946. The lowest BCUT2D eigenvalue weighted by atomic mass is 10.2. The van der Waals surface area contributed by atoms with E-state index in [9.17, 15) is 4.79 Å². The largest absolute Gasteiger partial charge is 0.467 e. The number of rotatable bonds is 8. The molecule has 0 unspecified atom stereocenters. The van der Waals surface area contributed by atoms with Gasteiger partial charge in [-0.1, -0.05) is 12.1 Å². The van der Waals surface area contributed by atoms with Gasteiger partial charge in [-0.25, -0.2) is 9.97 Å². The van der Waals surface area contributed by atoms with Crippen molar-refractivity contribution in [2.75, 3.05) is 25.5 Å². The molecule has 150 valence electrons. The number of carbonyl (C=O) groups excluding carboxylic acids is 1. The molecule has 0 saturated carbocycles. The Labute approximate surface area is 167 Å². The monoisotopic (exact) mass is 393 g/mol. The SMILES string of the molecule is CCOCCCNC(=O)c1c(N)n(Cc2ccco2)c2nc3ccccc3nc12. The van der Waals surface area contributed by atoms with Crippen molar-refractivity contribution in [2.45, 2.75) is 19.9 Å². The van der Waals surface area contributed by atoms with Crippen molar-refractivity contribution >= 4 is 33.9 Å². The smallest absolute Gasteiger partial charge is 0.257 e. The van der Waals surface area contributed by atoms with E-state index in [2.05, 4.69) is 10.3 Å². The van der Waals surface area contributed by atoms with Crippen LogP contribution < -0.4 is 11.1 Å². The fourth-order valence-corrected chi connectivity index (χ4v) is 3.27. The Hall–Kier alpha value is -3.39. The Kier molecular flexibility index (Phi) is 5.44. The summed E-state index contributed by atoms with van der Waals surface area (Å²) in [6.45, 7) is 4.04. The lowest BCUT2D eigenvalue weighted by Crippen LogP contribution is -2.26. The van der Waals surface area contributed by atoms with Crippen LogP contribution in [0, 0.1) is 0 Å². The second-order valence-electron chi connectivity index (χ2n) is 6.62. The molecule has 29 heavy (non-hydrogen) atoms. The van der Waals surface area contributed by atoms with Gasteiger partial charge in [0.05, 0.1) is 23.8 Å². The molecule has 8 heteroatoms. The average molecular weight is 393 g/mol. The van der Waals surface area contributed by atoms with Crippen LogP contribution in [0.1, 0.15) is 29.5 Å². The Morgan fingerprint density at radius 3 is 2.72 bits per heavy atom. The molecule has 3 heterocycles. The maximum Gasteiger partial charge on any atom is 0.257 e. The van der Waals surface area contributed by atoms with Gasteiger partial charge in [-0.15, -0.1) is 0 Å². The maximum absolute atomic E-state index is 12.9. The molecule has 0 bridgehead atoms. The standard InChI is InChI=1S/C21H23N5O3/c1-2-28-11-6-10-23-21(27)17-18-20(25-16-9-4-3-8-15(16)24-18)26(19(17)22)13-14-7-5-12-29-14/h3-5,7-9,12H,2,6,10-11,13,22H2,1H3,(H,23,27). The molecule has 0 aliphatic carbocycles. The Morgan fingerprint density at radius 1 is 1.21 bits per heavy atom. The molecule has 1 amide bonds. The zero-order chi connectivity index (χ0) is 20.2. The molecule has 4 aromatic rings. The minimum atomic E-state index is -0.272. The van der Waals surface area contributed by atoms with Crippen molar-refractivity contribution in [1.82, 2.24) is 19.9 Å². The van der Waals surface area contributed by atoms with E-state index < -0.39 is 0 Å². The van der Waals surface area contributed by atoms with Gasteiger partial charge in [-0.2, -0.15) is 0 Å². The average Bonchev–Trinajstić information content (AvgIpc) is 3.33. The van der Waals surface area contributed by atoms with Crippen LogP contribution in [0.2, 0.25) is 0 Å². The van der Waals surface area contributed by atoms with Gasteiger partial charge >= 0.3 is 0 Å². The van der Waals surface area contributed by atoms with Crippen LogP contribution in [0.15, 0.2) is 47.1 Å². The first-order valence-corrected chi connectivity index (χ1v) is 9.61. The number of nitrogens with zero attached hydrogens (tertiary/aromatic N) is 3. The number of furan rings is 1. The summed E-state index contributed by atoms with van der Waals surface area (Å²) in [4.78, 5) is 22.3. The highest BCUT2D eigenvalue weighted by molar-refractivity contribution is 6.10. The summed E-state index contributed by atoms with van der Waals surface area (Å²) in [5, 5.41) is 2.91. The second kappa shape index (κ2) is 8.32. The minimum Gasteiger partial charge on any atom is -0.467 e. The van der Waals surface area contributed by atoms with Crippen LogP contribution in [0.4, 0.5) is 5.82 Å². The van der Waals surface area contributed by atoms with Crippen molar-refractivity contribution in [2.24, 2.45) is 0 Å². The number of hydrogen-bond acceptors (Lipinski definition) is 6. The molecule has 0 saturated heterocycles. The molecular formula is C21H23N5O3. The normalized spacial score (nSPS) is 11.3. The highest BCUT2D eigenvalue weighted by atomic mass is 16.5. The van der Waals surface area contributed by atoms with Gasteiger partial charge in [-0.3, -0.25) is 4.79 Å². The van der Waals surface area contributed by atoms with Crippen molar-refractivity contribution in [1.29, 1.82) is 0 Å². The van der Waals surface area contributed by atoms with Gasteiger partial charge in [0, 0.05) is 19.8 Å². The number of nitrogens with two attached hydrogens (primary N) is 1. The number of carbonyl (C=O) groups is 1. The van der Waals surface area contributed by atoms with Crippen LogP contribution in [0.25, 0.3) is 22.2 Å². The van der Waals surface area contributed by atoms with Gasteiger partial charge in [0.15, 0.2) is 5.65 Å². The molecule has 3 N–H and O–H groups in total. The summed E-state index contributed by atoms with van der Waals surface area (Å²) >= 11 is 0. The molecule has 4 rings (SSSR count). The molecule has 1 aromatic carbocycles. The zero-order valence-electron chi connectivity index (χ0n) is 16.2. The predicted octanol–water partition coefficient (Wildman–Crippen LogP) is 2.96. The van der Waals surface area contributed by atoms with Crippen LogP contribution in [0.5, 0.6) is 0 Å². The third-order valence-corrected chi connectivity index (χ3v) is 4.67. The third-order valence-electron chi connectivity index (χ3n) is 4.67. The Morgan fingerprint density at radius 2 is 2.00 bits per heavy atom. The number of aromatic nitrogens is 3. The first kappa shape index (κ1) is 18.9. The number of fused-ring (bicyclic) bond motifs is 2. The number of ether oxygens (including phenoxy) is 1.